The van der Waals surface area contributed by atoms with Gasteiger partial charge in [-0.1, -0.05) is 50.2 Å². The van der Waals surface area contributed by atoms with Gasteiger partial charge in [0.2, 0.25) is 0 Å². The molecule has 3 aromatic rings. The van der Waals surface area contributed by atoms with E-state index in [4.69, 9.17) is 0 Å². The van der Waals surface area contributed by atoms with Gasteiger partial charge in [-0.15, -0.1) is 0 Å². The molecule has 5 nitrogen and oxygen atoms in total. The first-order chi connectivity index (χ1) is 15.1. The number of amides is 1. The Labute approximate surface area is 185 Å². The number of carbonyl (C=O) groups is 1. The van der Waals surface area contributed by atoms with Crippen LogP contribution >= 0.6 is 0 Å². The first-order valence-electron chi connectivity index (χ1n) is 11.2. The van der Waals surface area contributed by atoms with Crippen molar-refractivity contribution in [2.75, 3.05) is 13.1 Å². The molecule has 1 N–H and O–H groups in total. The Kier molecular flexibility index (Phi) is 6.82. The topological polar surface area (TPSA) is 50.2 Å². The predicted octanol–water partition coefficient (Wildman–Crippen LogP) is 4.34. The number of hydrogen-bond donors (Lipinski definition) is 1. The predicted molar refractivity (Wildman–Crippen MR) is 124 cm³/mol. The molecule has 0 bridgehead atoms. The van der Waals surface area contributed by atoms with Crippen molar-refractivity contribution in [3.05, 3.63) is 89.5 Å². The van der Waals surface area contributed by atoms with E-state index in [0.717, 1.165) is 43.6 Å². The molecule has 0 saturated carbocycles. The molecule has 2 heterocycles. The molecule has 5 heteroatoms. The summed E-state index contributed by atoms with van der Waals surface area (Å²) in [5.74, 6) is 1.45. The lowest BCUT2D eigenvalue weighted by Gasteiger charge is -2.35. The highest BCUT2D eigenvalue weighted by molar-refractivity contribution is 5.94. The number of benzene rings is 2. The molecule has 1 saturated heterocycles. The van der Waals surface area contributed by atoms with Gasteiger partial charge in [-0.2, -0.15) is 0 Å². The van der Waals surface area contributed by atoms with Gasteiger partial charge in [0.25, 0.3) is 5.91 Å². The first-order valence-corrected chi connectivity index (χ1v) is 11.2. The molecule has 31 heavy (non-hydrogen) atoms. The molecular formula is C26H32N4O. The number of hydrogen-bond acceptors (Lipinski definition) is 3. The molecule has 0 aliphatic carbocycles. The van der Waals surface area contributed by atoms with Crippen LogP contribution in [0.25, 0.3) is 0 Å². The zero-order valence-electron chi connectivity index (χ0n) is 18.5. The maximum atomic E-state index is 12.7. The molecule has 1 fully saturated rings. The fourth-order valence-electron chi connectivity index (χ4n) is 4.68. The van der Waals surface area contributed by atoms with Crippen LogP contribution in [0.5, 0.6) is 0 Å². The highest BCUT2D eigenvalue weighted by atomic mass is 16.1. The fourth-order valence-corrected chi connectivity index (χ4v) is 4.68. The van der Waals surface area contributed by atoms with Crippen LogP contribution in [0.4, 0.5) is 0 Å². The van der Waals surface area contributed by atoms with Crippen LogP contribution in [0.2, 0.25) is 0 Å². The number of piperidine rings is 1. The Morgan fingerprint density at radius 1 is 1.00 bits per heavy atom. The molecule has 4 rings (SSSR count). The molecule has 0 radical (unpaired) electrons. The third-order valence-electron chi connectivity index (χ3n) is 6.04. The summed E-state index contributed by atoms with van der Waals surface area (Å²) in [6.07, 6.45) is 6.81. The minimum Gasteiger partial charge on any atom is -0.348 e. The number of carbonyl (C=O) groups excluding carboxylic acids is 1. The normalized spacial score (nSPS) is 19.3. The number of rotatable bonds is 7. The Morgan fingerprint density at radius 2 is 1.71 bits per heavy atom. The SMILES string of the molecule is CC1CC(C)CN(Cc2ccccc2CNC(=O)c2ccc(Cn3ccnc3)cc2)C1. The van der Waals surface area contributed by atoms with Gasteiger partial charge in [0, 0.05) is 50.7 Å². The third-order valence-corrected chi connectivity index (χ3v) is 6.04. The maximum Gasteiger partial charge on any atom is 0.251 e. The lowest BCUT2D eigenvalue weighted by atomic mass is 9.91. The van der Waals surface area contributed by atoms with E-state index >= 15 is 0 Å². The molecule has 2 unspecified atom stereocenters. The van der Waals surface area contributed by atoms with Crippen LogP contribution in [0.15, 0.2) is 67.3 Å². The van der Waals surface area contributed by atoms with Gasteiger partial charge in [0.1, 0.15) is 0 Å². The smallest absolute Gasteiger partial charge is 0.251 e. The summed E-state index contributed by atoms with van der Waals surface area (Å²) in [5.41, 5.74) is 4.33. The fraction of sp³-hybridized carbons (Fsp3) is 0.385. The van der Waals surface area contributed by atoms with E-state index < -0.39 is 0 Å². The lowest BCUT2D eigenvalue weighted by molar-refractivity contribution is 0.0950. The standard InChI is InChI=1S/C26H32N4O/c1-20-13-21(2)16-30(15-20)18-25-6-4-3-5-24(25)14-28-26(31)23-9-7-22(8-10-23)17-29-12-11-27-19-29/h3-12,19-21H,13-18H2,1-2H3,(H,28,31). The van der Waals surface area contributed by atoms with Gasteiger partial charge in [-0.25, -0.2) is 4.98 Å². The van der Waals surface area contributed by atoms with Crippen LogP contribution in [0, 0.1) is 11.8 Å². The molecule has 1 amide bonds. The average molecular weight is 417 g/mol. The van der Waals surface area contributed by atoms with Crippen LogP contribution in [0.3, 0.4) is 0 Å². The van der Waals surface area contributed by atoms with Crippen molar-refractivity contribution in [1.29, 1.82) is 0 Å². The molecule has 1 aliphatic rings. The third kappa shape index (κ3) is 5.82. The summed E-state index contributed by atoms with van der Waals surface area (Å²) in [7, 11) is 0. The Morgan fingerprint density at radius 3 is 2.39 bits per heavy atom. The summed E-state index contributed by atoms with van der Waals surface area (Å²) in [6.45, 7) is 9.23. The summed E-state index contributed by atoms with van der Waals surface area (Å²) in [5, 5.41) is 3.10. The number of likely N-dealkylation sites (tertiary alicyclic amines) is 1. The number of aromatic nitrogens is 2. The van der Waals surface area contributed by atoms with Gasteiger partial charge in [-0.3, -0.25) is 9.69 Å². The second-order valence-corrected chi connectivity index (χ2v) is 9.02. The Balaban J connectivity index is 1.35. The van der Waals surface area contributed by atoms with Crippen molar-refractivity contribution < 1.29 is 4.79 Å². The monoisotopic (exact) mass is 416 g/mol. The minimum absolute atomic E-state index is 0.0378. The van der Waals surface area contributed by atoms with Crippen molar-refractivity contribution in [1.82, 2.24) is 19.8 Å². The molecule has 1 aromatic heterocycles. The van der Waals surface area contributed by atoms with Gasteiger partial charge >= 0.3 is 0 Å². The molecule has 2 atom stereocenters. The van der Waals surface area contributed by atoms with Crippen LogP contribution in [0.1, 0.15) is 47.3 Å². The van der Waals surface area contributed by atoms with Crippen LogP contribution < -0.4 is 5.32 Å². The zero-order valence-corrected chi connectivity index (χ0v) is 18.5. The van der Waals surface area contributed by atoms with Crippen molar-refractivity contribution in [2.45, 2.75) is 39.9 Å². The zero-order chi connectivity index (χ0) is 21.6. The summed E-state index contributed by atoms with van der Waals surface area (Å²) >= 11 is 0. The minimum atomic E-state index is -0.0378. The summed E-state index contributed by atoms with van der Waals surface area (Å²) in [6, 6.07) is 16.3. The number of nitrogens with zero attached hydrogens (tertiary/aromatic N) is 3. The van der Waals surface area contributed by atoms with Crippen molar-refractivity contribution in [3.8, 4) is 0 Å². The molecular weight excluding hydrogens is 384 g/mol. The first kappa shape index (κ1) is 21.3. The molecule has 162 valence electrons. The highest BCUT2D eigenvalue weighted by Crippen LogP contribution is 2.23. The van der Waals surface area contributed by atoms with Gasteiger partial charge in [-0.05, 0) is 47.1 Å². The van der Waals surface area contributed by atoms with Crippen molar-refractivity contribution in [2.24, 2.45) is 11.8 Å². The van der Waals surface area contributed by atoms with Crippen LogP contribution in [-0.2, 0) is 19.6 Å². The molecule has 1 aliphatic heterocycles. The van der Waals surface area contributed by atoms with E-state index in [0.29, 0.717) is 12.1 Å². The van der Waals surface area contributed by atoms with E-state index in [1.54, 1.807) is 12.5 Å². The van der Waals surface area contributed by atoms with E-state index in [9.17, 15) is 4.79 Å². The van der Waals surface area contributed by atoms with E-state index in [1.165, 1.54) is 17.5 Å². The molecule has 2 aromatic carbocycles. The Bertz CT molecular complexity index is 971. The largest absolute Gasteiger partial charge is 0.348 e. The summed E-state index contributed by atoms with van der Waals surface area (Å²) < 4.78 is 2.01. The van der Waals surface area contributed by atoms with Gasteiger partial charge in [0.15, 0.2) is 0 Å². The maximum absolute atomic E-state index is 12.7. The molecule has 0 spiro atoms. The van der Waals surface area contributed by atoms with Gasteiger partial charge < -0.3 is 9.88 Å². The Hall–Kier alpha value is -2.92. The van der Waals surface area contributed by atoms with Crippen molar-refractivity contribution >= 4 is 5.91 Å². The van der Waals surface area contributed by atoms with Crippen molar-refractivity contribution in [3.63, 3.8) is 0 Å². The van der Waals surface area contributed by atoms with E-state index in [1.807, 2.05) is 35.0 Å². The average Bonchev–Trinajstić information content (AvgIpc) is 3.26. The van der Waals surface area contributed by atoms with E-state index in [2.05, 4.69) is 53.3 Å². The quantitative estimate of drug-likeness (QED) is 0.623. The lowest BCUT2D eigenvalue weighted by Crippen LogP contribution is -2.38. The number of imidazole rings is 1. The second kappa shape index (κ2) is 9.92. The van der Waals surface area contributed by atoms with Crippen LogP contribution in [-0.4, -0.2) is 33.4 Å². The summed E-state index contributed by atoms with van der Waals surface area (Å²) in [4.78, 5) is 19.3. The van der Waals surface area contributed by atoms with E-state index in [-0.39, 0.29) is 5.91 Å². The second-order valence-electron chi connectivity index (χ2n) is 9.02. The highest BCUT2D eigenvalue weighted by Gasteiger charge is 2.22. The van der Waals surface area contributed by atoms with Gasteiger partial charge in [0.05, 0.1) is 6.33 Å². The number of nitrogens with one attached hydrogen (secondary N) is 1.